The van der Waals surface area contributed by atoms with Gasteiger partial charge >= 0.3 is 5.97 Å². The minimum atomic E-state index is -0.717. The minimum absolute atomic E-state index is 0.251. The van der Waals surface area contributed by atoms with Gasteiger partial charge in [0.15, 0.2) is 0 Å². The van der Waals surface area contributed by atoms with Gasteiger partial charge in [-0.15, -0.1) is 0 Å². The highest BCUT2D eigenvalue weighted by Crippen LogP contribution is 2.18. The molecule has 0 heterocycles. The molecule has 0 fully saturated rings. The molecule has 0 aromatic heterocycles. The summed E-state index contributed by atoms with van der Waals surface area (Å²) in [6.07, 6.45) is 1.98. The lowest BCUT2D eigenvalue weighted by Gasteiger charge is -2.16. The maximum absolute atomic E-state index is 10.5. The Morgan fingerprint density at radius 3 is 2.43 bits per heavy atom. The van der Waals surface area contributed by atoms with E-state index in [1.165, 1.54) is 0 Å². The molecule has 21 heavy (non-hydrogen) atoms. The molecule has 1 N–H and O–H groups in total. The maximum atomic E-state index is 10.5. The van der Waals surface area contributed by atoms with Gasteiger partial charge in [0, 0.05) is 13.0 Å². The molecule has 118 valence electrons. The number of carboxylic acid groups (broad SMARTS) is 1. The van der Waals surface area contributed by atoms with Crippen molar-refractivity contribution < 1.29 is 19.4 Å². The number of aliphatic carboxylic acids is 1. The van der Waals surface area contributed by atoms with Gasteiger partial charge in [-0.25, -0.2) is 0 Å². The Morgan fingerprint density at radius 2 is 1.86 bits per heavy atom. The third-order valence-electron chi connectivity index (χ3n) is 3.49. The van der Waals surface area contributed by atoms with Crippen molar-refractivity contribution in [3.8, 4) is 5.75 Å². The summed E-state index contributed by atoms with van der Waals surface area (Å²) < 4.78 is 10.8. The van der Waals surface area contributed by atoms with Crippen molar-refractivity contribution in [1.82, 2.24) is 0 Å². The largest absolute Gasteiger partial charge is 0.497 e. The van der Waals surface area contributed by atoms with Crippen molar-refractivity contribution in [1.29, 1.82) is 0 Å². The average Bonchev–Trinajstić information content (AvgIpc) is 2.46. The molecule has 1 aromatic carbocycles. The van der Waals surface area contributed by atoms with E-state index >= 15 is 0 Å². The summed E-state index contributed by atoms with van der Waals surface area (Å²) in [5.74, 6) is 0.984. The van der Waals surface area contributed by atoms with Crippen LogP contribution in [0.1, 0.15) is 38.7 Å². The first-order valence-electron chi connectivity index (χ1n) is 7.43. The SMILES string of the molecule is COc1ccc(COCC(C)C[C@@H](C)CCC(=O)O)cc1. The molecule has 0 saturated heterocycles. The lowest BCUT2D eigenvalue weighted by molar-refractivity contribution is -0.137. The third-order valence-corrected chi connectivity index (χ3v) is 3.49. The van der Waals surface area contributed by atoms with Crippen molar-refractivity contribution in [3.05, 3.63) is 29.8 Å². The number of benzene rings is 1. The second kappa shape index (κ2) is 9.40. The highest BCUT2D eigenvalue weighted by Gasteiger charge is 2.10. The van der Waals surface area contributed by atoms with Gasteiger partial charge in [0.2, 0.25) is 0 Å². The van der Waals surface area contributed by atoms with Gasteiger partial charge in [-0.05, 0) is 42.4 Å². The fraction of sp³-hybridized carbons (Fsp3) is 0.588. The van der Waals surface area contributed by atoms with Gasteiger partial charge in [0.1, 0.15) is 5.75 Å². The zero-order valence-corrected chi connectivity index (χ0v) is 13.2. The summed E-state index contributed by atoms with van der Waals surface area (Å²) in [5, 5.41) is 8.67. The van der Waals surface area contributed by atoms with Gasteiger partial charge in [-0.1, -0.05) is 26.0 Å². The van der Waals surface area contributed by atoms with E-state index in [0.29, 0.717) is 25.0 Å². The number of methoxy groups -OCH3 is 1. The summed E-state index contributed by atoms with van der Waals surface area (Å²) >= 11 is 0. The Hall–Kier alpha value is -1.55. The molecule has 4 nitrogen and oxygen atoms in total. The van der Waals surface area contributed by atoms with E-state index in [4.69, 9.17) is 14.6 Å². The number of hydrogen-bond acceptors (Lipinski definition) is 3. The van der Waals surface area contributed by atoms with E-state index in [1.807, 2.05) is 24.3 Å². The van der Waals surface area contributed by atoms with Crippen LogP contribution < -0.4 is 4.74 Å². The zero-order valence-electron chi connectivity index (χ0n) is 13.2. The fourth-order valence-corrected chi connectivity index (χ4v) is 2.34. The average molecular weight is 294 g/mol. The second-order valence-electron chi connectivity index (χ2n) is 5.74. The molecule has 0 radical (unpaired) electrons. The number of rotatable bonds is 10. The monoisotopic (exact) mass is 294 g/mol. The van der Waals surface area contributed by atoms with Crippen LogP contribution in [0.4, 0.5) is 0 Å². The molecule has 1 aromatic rings. The molecular formula is C17H26O4. The van der Waals surface area contributed by atoms with Crippen molar-refractivity contribution >= 4 is 5.97 Å². The van der Waals surface area contributed by atoms with Crippen LogP contribution in [0.3, 0.4) is 0 Å². The van der Waals surface area contributed by atoms with E-state index in [0.717, 1.165) is 24.2 Å². The Kier molecular flexibility index (Phi) is 7.83. The maximum Gasteiger partial charge on any atom is 0.303 e. The van der Waals surface area contributed by atoms with Gasteiger partial charge in [-0.2, -0.15) is 0 Å². The number of carbonyl (C=O) groups is 1. The van der Waals surface area contributed by atoms with E-state index in [9.17, 15) is 4.79 Å². The normalized spacial score (nSPS) is 13.7. The van der Waals surface area contributed by atoms with Crippen LogP contribution in [0.5, 0.6) is 5.75 Å². The number of ether oxygens (including phenoxy) is 2. The van der Waals surface area contributed by atoms with E-state index in [1.54, 1.807) is 7.11 Å². The Labute approximate surface area is 127 Å². The smallest absolute Gasteiger partial charge is 0.303 e. The van der Waals surface area contributed by atoms with Crippen molar-refractivity contribution in [2.45, 2.75) is 39.7 Å². The Balaban J connectivity index is 2.20. The topological polar surface area (TPSA) is 55.8 Å². The van der Waals surface area contributed by atoms with Crippen molar-refractivity contribution in [2.24, 2.45) is 11.8 Å². The standard InChI is InChI=1S/C17H26O4/c1-13(4-9-17(18)19)10-14(2)11-21-12-15-5-7-16(20-3)8-6-15/h5-8,13-14H,4,9-12H2,1-3H3,(H,18,19)/t13-,14?/m0/s1. The Morgan fingerprint density at radius 1 is 1.19 bits per heavy atom. The highest BCUT2D eigenvalue weighted by molar-refractivity contribution is 5.66. The molecule has 0 aliphatic heterocycles. The van der Waals surface area contributed by atoms with Gasteiger partial charge in [-0.3, -0.25) is 4.79 Å². The summed E-state index contributed by atoms with van der Waals surface area (Å²) in [4.78, 5) is 10.5. The number of carboxylic acids is 1. The van der Waals surface area contributed by atoms with Crippen LogP contribution in [-0.4, -0.2) is 24.8 Å². The third kappa shape index (κ3) is 7.71. The molecule has 0 spiro atoms. The summed E-state index contributed by atoms with van der Waals surface area (Å²) in [6.45, 7) is 5.54. The van der Waals surface area contributed by atoms with Gasteiger partial charge in [0.05, 0.1) is 13.7 Å². The van der Waals surface area contributed by atoms with Crippen LogP contribution in [0, 0.1) is 11.8 Å². The summed E-state index contributed by atoms with van der Waals surface area (Å²) in [6, 6.07) is 7.85. The predicted octanol–water partition coefficient (Wildman–Crippen LogP) is 3.74. The molecule has 0 amide bonds. The van der Waals surface area contributed by atoms with Crippen LogP contribution in [0.2, 0.25) is 0 Å². The molecule has 0 aliphatic rings. The van der Waals surface area contributed by atoms with Gasteiger partial charge in [0.25, 0.3) is 0 Å². The summed E-state index contributed by atoms with van der Waals surface area (Å²) in [7, 11) is 1.65. The first-order chi connectivity index (χ1) is 10.0. The minimum Gasteiger partial charge on any atom is -0.497 e. The molecule has 1 rings (SSSR count). The summed E-state index contributed by atoms with van der Waals surface area (Å²) in [5.41, 5.74) is 1.13. The molecule has 1 unspecified atom stereocenters. The first-order valence-corrected chi connectivity index (χ1v) is 7.43. The molecule has 0 aliphatic carbocycles. The lowest BCUT2D eigenvalue weighted by atomic mass is 9.94. The molecular weight excluding hydrogens is 268 g/mol. The van der Waals surface area contributed by atoms with Crippen LogP contribution in [0.25, 0.3) is 0 Å². The van der Waals surface area contributed by atoms with Crippen LogP contribution >= 0.6 is 0 Å². The van der Waals surface area contributed by atoms with E-state index in [2.05, 4.69) is 13.8 Å². The zero-order chi connectivity index (χ0) is 15.7. The van der Waals surface area contributed by atoms with Crippen molar-refractivity contribution in [3.63, 3.8) is 0 Å². The molecule has 4 heteroatoms. The molecule has 0 saturated carbocycles. The predicted molar refractivity (Wildman–Crippen MR) is 82.5 cm³/mol. The Bertz CT molecular complexity index is 413. The lowest BCUT2D eigenvalue weighted by Crippen LogP contribution is -2.11. The number of hydrogen-bond donors (Lipinski definition) is 1. The van der Waals surface area contributed by atoms with Crippen molar-refractivity contribution in [2.75, 3.05) is 13.7 Å². The van der Waals surface area contributed by atoms with E-state index < -0.39 is 5.97 Å². The fourth-order valence-electron chi connectivity index (χ4n) is 2.34. The highest BCUT2D eigenvalue weighted by atomic mass is 16.5. The molecule has 2 atom stereocenters. The van der Waals surface area contributed by atoms with Gasteiger partial charge < -0.3 is 14.6 Å². The van der Waals surface area contributed by atoms with Crippen LogP contribution in [-0.2, 0) is 16.1 Å². The second-order valence-corrected chi connectivity index (χ2v) is 5.74. The van der Waals surface area contributed by atoms with E-state index in [-0.39, 0.29) is 6.42 Å². The quantitative estimate of drug-likeness (QED) is 0.714. The first kappa shape index (κ1) is 17.5. The van der Waals surface area contributed by atoms with Crippen LogP contribution in [0.15, 0.2) is 24.3 Å². The molecule has 0 bridgehead atoms.